The van der Waals surface area contributed by atoms with E-state index in [0.717, 1.165) is 24.8 Å². The molecule has 3 atom stereocenters. The molecule has 1 aliphatic heterocycles. The summed E-state index contributed by atoms with van der Waals surface area (Å²) < 4.78 is 55.6. The molecule has 1 amide bonds. The average Bonchev–Trinajstić information content (AvgIpc) is 3.43. The van der Waals surface area contributed by atoms with Crippen molar-refractivity contribution in [2.24, 2.45) is 0 Å². The van der Waals surface area contributed by atoms with Crippen LogP contribution in [0.4, 0.5) is 13.2 Å². The molecule has 2 N–H and O–H groups in total. The maximum absolute atomic E-state index is 14.2. The fourth-order valence-corrected chi connectivity index (χ4v) is 6.16. The number of rotatable bonds is 10. The van der Waals surface area contributed by atoms with E-state index in [2.05, 4.69) is 15.0 Å². The van der Waals surface area contributed by atoms with Crippen molar-refractivity contribution in [2.75, 3.05) is 40.0 Å². The van der Waals surface area contributed by atoms with Crippen LogP contribution in [-0.4, -0.2) is 83.4 Å². The zero-order valence-electron chi connectivity index (χ0n) is 24.1. The molecule has 1 saturated heterocycles. The third-order valence-corrected chi connectivity index (χ3v) is 8.13. The van der Waals surface area contributed by atoms with Crippen LogP contribution in [0.2, 0.25) is 0 Å². The van der Waals surface area contributed by atoms with Gasteiger partial charge >= 0.3 is 6.36 Å². The van der Waals surface area contributed by atoms with Gasteiger partial charge in [0, 0.05) is 44.8 Å². The number of alkyl halides is 3. The van der Waals surface area contributed by atoms with Gasteiger partial charge in [0.05, 0.1) is 31.3 Å². The summed E-state index contributed by atoms with van der Waals surface area (Å²) in [5.74, 6) is -0.697. The van der Waals surface area contributed by atoms with Gasteiger partial charge in [0.1, 0.15) is 5.60 Å². The number of amides is 1. The number of benzene rings is 2. The summed E-state index contributed by atoms with van der Waals surface area (Å²) in [7, 11) is 1.57. The van der Waals surface area contributed by atoms with Gasteiger partial charge in [-0.3, -0.25) is 4.79 Å². The van der Waals surface area contributed by atoms with Gasteiger partial charge in [-0.05, 0) is 25.0 Å². The Kier molecular flexibility index (Phi) is 9.58. The minimum absolute atomic E-state index is 0.0254. The van der Waals surface area contributed by atoms with E-state index in [4.69, 9.17) is 9.47 Å². The van der Waals surface area contributed by atoms with Crippen LogP contribution in [-0.2, 0) is 4.74 Å². The number of halogens is 3. The Morgan fingerprint density at radius 3 is 2.60 bits per heavy atom. The minimum atomic E-state index is -4.84. The highest BCUT2D eigenvalue weighted by molar-refractivity contribution is 5.98. The number of aliphatic hydroxyl groups is 1. The van der Waals surface area contributed by atoms with Gasteiger partial charge in [-0.2, -0.15) is 0 Å². The number of imidazole rings is 1. The maximum atomic E-state index is 14.2. The van der Waals surface area contributed by atoms with Crippen molar-refractivity contribution in [1.82, 2.24) is 19.8 Å². The lowest BCUT2D eigenvalue weighted by Gasteiger charge is -2.41. The predicted molar refractivity (Wildman–Crippen MR) is 153 cm³/mol. The fraction of sp³-hybridized carbons (Fsp3) is 0.484. The van der Waals surface area contributed by atoms with Crippen LogP contribution in [0.25, 0.3) is 11.3 Å². The number of carbonyl (C=O) groups excluding carboxylic acids is 1. The number of para-hydroxylation sites is 2. The molecule has 1 saturated carbocycles. The molecule has 2 heterocycles. The third kappa shape index (κ3) is 7.14. The number of hydrogen-bond donors (Lipinski definition) is 2. The number of methoxy groups -OCH3 is 1. The van der Waals surface area contributed by atoms with E-state index in [1.54, 1.807) is 24.4 Å². The summed E-state index contributed by atoms with van der Waals surface area (Å²) in [5, 5.41) is 14.9. The Bertz CT molecular complexity index is 1360. The van der Waals surface area contributed by atoms with Crippen LogP contribution in [0.1, 0.15) is 48.6 Å². The summed E-state index contributed by atoms with van der Waals surface area (Å²) >= 11 is 0. The second kappa shape index (κ2) is 13.4. The number of piperazine rings is 1. The lowest BCUT2D eigenvalue weighted by atomic mass is 9.80. The minimum Gasteiger partial charge on any atom is -0.490 e. The Labute approximate surface area is 248 Å². The molecule has 3 aromatic rings. The van der Waals surface area contributed by atoms with Gasteiger partial charge in [-0.1, -0.05) is 55.3 Å². The Balaban J connectivity index is 1.39. The molecule has 232 valence electrons. The molecule has 0 spiro atoms. The first-order chi connectivity index (χ1) is 20.7. The van der Waals surface area contributed by atoms with E-state index in [1.807, 2.05) is 34.9 Å². The first-order valence-corrected chi connectivity index (χ1v) is 14.5. The molecule has 2 fully saturated rings. The molecule has 0 unspecified atom stereocenters. The van der Waals surface area contributed by atoms with Crippen molar-refractivity contribution in [3.05, 3.63) is 66.6 Å². The lowest BCUT2D eigenvalue weighted by molar-refractivity contribution is -0.275. The number of carbonyl (C=O) groups is 1. The molecular weight excluding hydrogens is 565 g/mol. The average molecular weight is 603 g/mol. The predicted octanol–water partition coefficient (Wildman–Crippen LogP) is 4.82. The Hall–Kier alpha value is -3.61. The number of hydrogen-bond acceptors (Lipinski definition) is 7. The normalized spacial score (nSPS) is 22.8. The molecule has 0 bridgehead atoms. The summed E-state index contributed by atoms with van der Waals surface area (Å²) in [6.45, 7) is 1.75. The zero-order valence-corrected chi connectivity index (χ0v) is 24.1. The molecule has 2 aromatic carbocycles. The molecular formula is C31H37F3N4O5. The van der Waals surface area contributed by atoms with Gasteiger partial charge in [-0.15, -0.1) is 13.2 Å². The first-order valence-electron chi connectivity index (χ1n) is 14.5. The van der Waals surface area contributed by atoms with Crippen molar-refractivity contribution in [3.63, 3.8) is 0 Å². The summed E-state index contributed by atoms with van der Waals surface area (Å²) in [5.41, 5.74) is 0.635. The van der Waals surface area contributed by atoms with Gasteiger partial charge in [0.15, 0.2) is 17.2 Å². The molecule has 9 nitrogen and oxygen atoms in total. The van der Waals surface area contributed by atoms with E-state index in [-0.39, 0.29) is 42.6 Å². The molecule has 2 aliphatic rings. The lowest BCUT2D eigenvalue weighted by Crippen LogP contribution is -2.54. The number of nitrogens with zero attached hydrogens (tertiary/aromatic N) is 3. The largest absolute Gasteiger partial charge is 0.573 e. The Morgan fingerprint density at radius 1 is 1.12 bits per heavy atom. The molecule has 1 aromatic heterocycles. The monoisotopic (exact) mass is 602 g/mol. The quantitative estimate of drug-likeness (QED) is 0.343. The highest BCUT2D eigenvalue weighted by Gasteiger charge is 2.42. The van der Waals surface area contributed by atoms with Crippen molar-refractivity contribution in [3.8, 4) is 22.8 Å². The van der Waals surface area contributed by atoms with Crippen molar-refractivity contribution in [1.29, 1.82) is 0 Å². The molecule has 0 radical (unpaired) electrons. The topological polar surface area (TPSA) is 98.1 Å². The smallest absolute Gasteiger partial charge is 0.490 e. The second-order valence-corrected chi connectivity index (χ2v) is 11.0. The number of nitrogens with one attached hydrogen (secondary N) is 1. The standard InChI is InChI=1S/C31H37F3N4O5/c1-41-20-30(40)15-8-7-13-26(30)38-21-36-27(28(38)22-9-3-2-4-10-22)29(39)37-17-16-35-19-23(37)14-18-42-24-11-5-6-12-25(24)43-31(32,33)34/h2-6,9-12,21,23,26,35,40H,7-8,13-20H2,1H3/t23-,26-,30-/m1/s1. The van der Waals surface area contributed by atoms with E-state index in [1.165, 1.54) is 18.2 Å². The van der Waals surface area contributed by atoms with Crippen molar-refractivity contribution >= 4 is 5.91 Å². The van der Waals surface area contributed by atoms with Gasteiger partial charge in [0.2, 0.25) is 0 Å². The second-order valence-electron chi connectivity index (χ2n) is 11.0. The highest BCUT2D eigenvalue weighted by atomic mass is 19.4. The van der Waals surface area contributed by atoms with E-state index in [0.29, 0.717) is 38.2 Å². The van der Waals surface area contributed by atoms with Crippen molar-refractivity contribution in [2.45, 2.75) is 56.2 Å². The third-order valence-electron chi connectivity index (χ3n) is 8.13. The van der Waals surface area contributed by atoms with Crippen molar-refractivity contribution < 1.29 is 37.3 Å². The van der Waals surface area contributed by atoms with Gasteiger partial charge in [-0.25, -0.2) is 4.98 Å². The van der Waals surface area contributed by atoms with Crippen LogP contribution < -0.4 is 14.8 Å². The van der Waals surface area contributed by atoms with Gasteiger partial charge in [0.25, 0.3) is 5.91 Å². The molecule has 1 aliphatic carbocycles. The summed E-state index contributed by atoms with van der Waals surface area (Å²) in [6.07, 6.45) is 0.292. The van der Waals surface area contributed by atoms with Crippen LogP contribution in [0.5, 0.6) is 11.5 Å². The van der Waals surface area contributed by atoms with E-state index < -0.39 is 17.7 Å². The SMILES string of the molecule is COC[C@]1(O)CCCC[C@H]1n1cnc(C(=O)N2CCNC[C@H]2CCOc2ccccc2OC(F)(F)F)c1-c1ccccc1. The molecule has 12 heteroatoms. The highest BCUT2D eigenvalue weighted by Crippen LogP contribution is 2.41. The Morgan fingerprint density at radius 2 is 1.86 bits per heavy atom. The fourth-order valence-electron chi connectivity index (χ4n) is 6.16. The van der Waals surface area contributed by atoms with E-state index >= 15 is 0 Å². The molecule has 5 rings (SSSR count). The number of aromatic nitrogens is 2. The summed E-state index contributed by atoms with van der Waals surface area (Å²) in [6, 6.07) is 14.5. The van der Waals surface area contributed by atoms with Crippen LogP contribution in [0, 0.1) is 0 Å². The number of ether oxygens (including phenoxy) is 3. The van der Waals surface area contributed by atoms with Crippen LogP contribution in [0.3, 0.4) is 0 Å². The zero-order chi connectivity index (χ0) is 30.5. The van der Waals surface area contributed by atoms with Crippen LogP contribution in [0.15, 0.2) is 60.9 Å². The summed E-state index contributed by atoms with van der Waals surface area (Å²) in [4.78, 5) is 20.6. The van der Waals surface area contributed by atoms with Gasteiger partial charge < -0.3 is 34.1 Å². The van der Waals surface area contributed by atoms with E-state index in [9.17, 15) is 23.1 Å². The molecule has 43 heavy (non-hydrogen) atoms. The maximum Gasteiger partial charge on any atom is 0.573 e. The first kappa shape index (κ1) is 30.8. The van der Waals surface area contributed by atoms with Crippen LogP contribution >= 0.6 is 0 Å².